The second-order valence-corrected chi connectivity index (χ2v) is 5.33. The molecule has 0 bridgehead atoms. The molecule has 0 spiro atoms. The Labute approximate surface area is 98.7 Å². The molecule has 0 atom stereocenters. The predicted octanol–water partition coefficient (Wildman–Crippen LogP) is 1.93. The normalized spacial score (nSPS) is 11.3. The van der Waals surface area contributed by atoms with Gasteiger partial charge in [-0.1, -0.05) is 24.3 Å². The van der Waals surface area contributed by atoms with Crippen molar-refractivity contribution in [3.8, 4) is 11.5 Å². The SMILES string of the molecule is O=S(=O)(c1ccccc1O)c1ccccc1O. The maximum absolute atomic E-state index is 12.2. The quantitative estimate of drug-likeness (QED) is 0.854. The summed E-state index contributed by atoms with van der Waals surface area (Å²) in [4.78, 5) is -0.442. The van der Waals surface area contributed by atoms with Gasteiger partial charge in [0.25, 0.3) is 0 Å². The molecule has 0 amide bonds. The van der Waals surface area contributed by atoms with Crippen molar-refractivity contribution >= 4 is 9.84 Å². The van der Waals surface area contributed by atoms with E-state index in [9.17, 15) is 18.6 Å². The van der Waals surface area contributed by atoms with E-state index in [4.69, 9.17) is 0 Å². The Bertz CT molecular complexity index is 596. The molecule has 0 unspecified atom stereocenters. The van der Waals surface area contributed by atoms with Crippen LogP contribution in [0.15, 0.2) is 58.3 Å². The molecule has 0 aromatic heterocycles. The molecule has 2 rings (SSSR count). The Kier molecular flexibility index (Phi) is 2.77. The molecule has 0 heterocycles. The molecule has 0 aliphatic carbocycles. The van der Waals surface area contributed by atoms with Gasteiger partial charge in [-0.2, -0.15) is 0 Å². The second-order valence-electron chi connectivity index (χ2n) is 3.44. The lowest BCUT2D eigenvalue weighted by Crippen LogP contribution is -2.02. The molecule has 88 valence electrons. The largest absolute Gasteiger partial charge is 0.507 e. The van der Waals surface area contributed by atoms with Gasteiger partial charge < -0.3 is 10.2 Å². The highest BCUT2D eigenvalue weighted by atomic mass is 32.2. The number of para-hydroxylation sites is 2. The van der Waals surface area contributed by atoms with Crippen molar-refractivity contribution in [2.45, 2.75) is 9.79 Å². The highest BCUT2D eigenvalue weighted by Gasteiger charge is 2.23. The smallest absolute Gasteiger partial charge is 0.213 e. The summed E-state index contributed by atoms with van der Waals surface area (Å²) < 4.78 is 24.3. The zero-order valence-corrected chi connectivity index (χ0v) is 9.55. The van der Waals surface area contributed by atoms with E-state index in [1.165, 1.54) is 48.5 Å². The Balaban J connectivity index is 2.67. The molecule has 0 aliphatic rings. The fraction of sp³-hybridized carbons (Fsp3) is 0. The van der Waals surface area contributed by atoms with Crippen LogP contribution in [0.2, 0.25) is 0 Å². The van der Waals surface area contributed by atoms with Crippen molar-refractivity contribution in [2.24, 2.45) is 0 Å². The molecule has 0 radical (unpaired) electrons. The van der Waals surface area contributed by atoms with E-state index in [2.05, 4.69) is 0 Å². The zero-order chi connectivity index (χ0) is 12.5. The highest BCUT2D eigenvalue weighted by Crippen LogP contribution is 2.32. The van der Waals surface area contributed by atoms with Gasteiger partial charge in [-0.25, -0.2) is 8.42 Å². The molecule has 2 N–H and O–H groups in total. The number of phenols is 2. The van der Waals surface area contributed by atoms with Crippen LogP contribution in [0.3, 0.4) is 0 Å². The van der Waals surface area contributed by atoms with E-state index in [0.29, 0.717) is 0 Å². The van der Waals surface area contributed by atoms with Gasteiger partial charge in [-0.3, -0.25) is 0 Å². The molecule has 5 heteroatoms. The molecule has 2 aromatic carbocycles. The fourth-order valence-corrected chi connectivity index (χ4v) is 2.93. The molecule has 2 aromatic rings. The van der Waals surface area contributed by atoms with Crippen LogP contribution in [-0.2, 0) is 9.84 Å². The fourth-order valence-electron chi connectivity index (χ4n) is 1.49. The molecule has 17 heavy (non-hydrogen) atoms. The summed E-state index contributed by atoms with van der Waals surface area (Å²) in [5.41, 5.74) is 0. The summed E-state index contributed by atoms with van der Waals surface area (Å²) in [5.74, 6) is -0.675. The van der Waals surface area contributed by atoms with E-state index in [0.717, 1.165) is 0 Å². The highest BCUT2D eigenvalue weighted by molar-refractivity contribution is 7.91. The average molecular weight is 250 g/mol. The Morgan fingerprint density at radius 3 is 1.41 bits per heavy atom. The maximum atomic E-state index is 12.2. The monoisotopic (exact) mass is 250 g/mol. The summed E-state index contributed by atoms with van der Waals surface area (Å²) >= 11 is 0. The third-order valence-electron chi connectivity index (χ3n) is 2.31. The Morgan fingerprint density at radius 2 is 1.06 bits per heavy atom. The summed E-state index contributed by atoms with van der Waals surface area (Å²) in [6.07, 6.45) is 0. The third-order valence-corrected chi connectivity index (χ3v) is 4.16. The second kappa shape index (κ2) is 4.10. The number of phenolic OH excluding ortho intramolecular Hbond substituents is 2. The Hall–Kier alpha value is -2.01. The molecule has 4 nitrogen and oxygen atoms in total. The van der Waals surface area contributed by atoms with Crippen LogP contribution in [-0.4, -0.2) is 18.6 Å². The maximum Gasteiger partial charge on any atom is 0.213 e. The summed E-state index contributed by atoms with van der Waals surface area (Å²) in [6, 6.07) is 11.2. The third kappa shape index (κ3) is 1.97. The van der Waals surface area contributed by atoms with Crippen molar-refractivity contribution in [1.82, 2.24) is 0 Å². The minimum atomic E-state index is -3.90. The minimum Gasteiger partial charge on any atom is -0.507 e. The number of hydrogen-bond acceptors (Lipinski definition) is 4. The molecular weight excluding hydrogens is 240 g/mol. The van der Waals surface area contributed by atoms with E-state index in [-0.39, 0.29) is 21.3 Å². The average Bonchev–Trinajstić information content (AvgIpc) is 2.29. The molecular formula is C12H10O4S. The summed E-state index contributed by atoms with van der Waals surface area (Å²) in [5, 5.41) is 19.1. The molecule has 0 saturated carbocycles. The minimum absolute atomic E-state index is 0.221. The molecule has 0 aliphatic heterocycles. The van der Waals surface area contributed by atoms with Crippen molar-refractivity contribution in [2.75, 3.05) is 0 Å². The van der Waals surface area contributed by atoms with Crippen LogP contribution in [0.4, 0.5) is 0 Å². The first-order valence-electron chi connectivity index (χ1n) is 4.84. The first-order chi connectivity index (χ1) is 8.03. The van der Waals surface area contributed by atoms with E-state index >= 15 is 0 Å². The van der Waals surface area contributed by atoms with Gasteiger partial charge in [-0.15, -0.1) is 0 Å². The number of rotatable bonds is 2. The van der Waals surface area contributed by atoms with Crippen molar-refractivity contribution in [1.29, 1.82) is 0 Å². The Morgan fingerprint density at radius 1 is 0.706 bits per heavy atom. The van der Waals surface area contributed by atoms with Gasteiger partial charge in [0, 0.05) is 0 Å². The number of aromatic hydroxyl groups is 2. The summed E-state index contributed by atoms with van der Waals surface area (Å²) in [7, 11) is -3.90. The lowest BCUT2D eigenvalue weighted by molar-refractivity contribution is 0.453. The lowest BCUT2D eigenvalue weighted by Gasteiger charge is -2.07. The van der Waals surface area contributed by atoms with Crippen LogP contribution in [0, 0.1) is 0 Å². The van der Waals surface area contributed by atoms with Gasteiger partial charge in [0.2, 0.25) is 9.84 Å². The lowest BCUT2D eigenvalue weighted by atomic mass is 10.3. The van der Waals surface area contributed by atoms with Crippen molar-refractivity contribution in [3.63, 3.8) is 0 Å². The van der Waals surface area contributed by atoms with Crippen LogP contribution >= 0.6 is 0 Å². The number of benzene rings is 2. The van der Waals surface area contributed by atoms with Crippen LogP contribution < -0.4 is 0 Å². The van der Waals surface area contributed by atoms with Gasteiger partial charge in [0.05, 0.1) is 0 Å². The van der Waals surface area contributed by atoms with Gasteiger partial charge in [-0.05, 0) is 24.3 Å². The zero-order valence-electron chi connectivity index (χ0n) is 8.74. The van der Waals surface area contributed by atoms with Gasteiger partial charge in [0.1, 0.15) is 21.3 Å². The van der Waals surface area contributed by atoms with Gasteiger partial charge >= 0.3 is 0 Å². The number of sulfone groups is 1. The van der Waals surface area contributed by atoms with Crippen LogP contribution in [0.5, 0.6) is 11.5 Å². The van der Waals surface area contributed by atoms with Crippen molar-refractivity contribution < 1.29 is 18.6 Å². The van der Waals surface area contributed by atoms with E-state index in [1.54, 1.807) is 0 Å². The number of hydrogen-bond donors (Lipinski definition) is 2. The predicted molar refractivity (Wildman–Crippen MR) is 61.7 cm³/mol. The summed E-state index contributed by atoms with van der Waals surface area (Å²) in [6.45, 7) is 0. The van der Waals surface area contributed by atoms with Crippen LogP contribution in [0.25, 0.3) is 0 Å². The molecule has 0 saturated heterocycles. The van der Waals surface area contributed by atoms with E-state index < -0.39 is 9.84 Å². The van der Waals surface area contributed by atoms with Gasteiger partial charge in [0.15, 0.2) is 0 Å². The first kappa shape index (κ1) is 11.5. The van der Waals surface area contributed by atoms with Crippen LogP contribution in [0.1, 0.15) is 0 Å². The first-order valence-corrected chi connectivity index (χ1v) is 6.33. The van der Waals surface area contributed by atoms with E-state index in [1.807, 2.05) is 0 Å². The van der Waals surface area contributed by atoms with Crippen molar-refractivity contribution in [3.05, 3.63) is 48.5 Å². The molecule has 0 fully saturated rings. The topological polar surface area (TPSA) is 74.6 Å². The standard InChI is InChI=1S/C12H10O4S/c13-9-5-1-3-7-11(9)17(15,16)12-8-4-2-6-10(12)14/h1-8,13-14H.